The van der Waals surface area contributed by atoms with Gasteiger partial charge < -0.3 is 16.4 Å². The molecule has 1 aliphatic rings. The first-order valence-corrected chi connectivity index (χ1v) is 7.58. The third-order valence-corrected chi connectivity index (χ3v) is 4.23. The van der Waals surface area contributed by atoms with Gasteiger partial charge in [0.1, 0.15) is 0 Å². The predicted octanol–water partition coefficient (Wildman–Crippen LogP) is 2.19. The summed E-state index contributed by atoms with van der Waals surface area (Å²) in [4.78, 5) is 24.5. The Morgan fingerprint density at radius 3 is 3.00 bits per heavy atom. The van der Waals surface area contributed by atoms with Crippen LogP contribution in [0, 0.1) is 0 Å². The van der Waals surface area contributed by atoms with Crippen molar-refractivity contribution in [3.63, 3.8) is 0 Å². The molecule has 0 saturated heterocycles. The molecule has 20 heavy (non-hydrogen) atoms. The zero-order valence-electron chi connectivity index (χ0n) is 11.7. The molecule has 1 heterocycles. The lowest BCUT2D eigenvalue weighted by molar-refractivity contribution is -0.120. The van der Waals surface area contributed by atoms with Gasteiger partial charge in [-0.1, -0.05) is 13.3 Å². The summed E-state index contributed by atoms with van der Waals surface area (Å²) in [5.74, 6) is 0.186. The maximum Gasteiger partial charge on any atom is 0.244 e. The largest absolute Gasteiger partial charge is 0.324 e. The molecule has 2 rings (SSSR count). The molecule has 1 unspecified atom stereocenters. The van der Waals surface area contributed by atoms with Gasteiger partial charge in [0.25, 0.3) is 0 Å². The van der Waals surface area contributed by atoms with E-state index >= 15 is 0 Å². The number of carbonyl (C=O) groups is 2. The molecule has 1 atom stereocenters. The Bertz CT molecular complexity index is 543. The molecule has 0 bridgehead atoms. The molecule has 0 aromatic heterocycles. The Kier molecular flexibility index (Phi) is 4.35. The first-order chi connectivity index (χ1) is 9.42. The summed E-state index contributed by atoms with van der Waals surface area (Å²) in [6.45, 7) is 3.71. The summed E-state index contributed by atoms with van der Waals surface area (Å²) < 4.78 is 0. The minimum Gasteiger partial charge on any atom is -0.324 e. The lowest BCUT2D eigenvalue weighted by Gasteiger charge is -2.23. The Hall–Kier alpha value is -1.53. The fraction of sp³-hybridized carbons (Fsp3) is 0.429. The van der Waals surface area contributed by atoms with E-state index in [9.17, 15) is 9.59 Å². The number of anilines is 2. The topological polar surface area (TPSA) is 84.2 Å². The van der Waals surface area contributed by atoms with E-state index in [0.717, 1.165) is 17.0 Å². The number of carbonyl (C=O) groups excluding carboxylic acids is 2. The molecule has 5 nitrogen and oxygen atoms in total. The molecule has 1 aromatic carbocycles. The number of nitrogens with two attached hydrogens (primary N) is 1. The molecule has 0 saturated carbocycles. The second kappa shape index (κ2) is 5.85. The van der Waals surface area contributed by atoms with Gasteiger partial charge >= 0.3 is 0 Å². The van der Waals surface area contributed by atoms with Crippen LogP contribution >= 0.6 is 11.8 Å². The number of benzene rings is 1. The second-order valence-corrected chi connectivity index (χ2v) is 6.19. The Morgan fingerprint density at radius 1 is 1.55 bits per heavy atom. The standard InChI is InChI=1S/C14H19N3O2S/c1-3-6-14(2,15)13(19)16-9-4-5-11-10(7-9)17-12(18)8-20-11/h4-5,7H,3,6,8,15H2,1-2H3,(H,16,19)(H,17,18). The number of rotatable bonds is 4. The van der Waals surface area contributed by atoms with E-state index in [4.69, 9.17) is 5.73 Å². The lowest BCUT2D eigenvalue weighted by atomic mass is 9.96. The molecule has 0 aliphatic carbocycles. The zero-order chi connectivity index (χ0) is 14.8. The monoisotopic (exact) mass is 293 g/mol. The highest BCUT2D eigenvalue weighted by molar-refractivity contribution is 8.00. The number of amides is 2. The van der Waals surface area contributed by atoms with Crippen molar-refractivity contribution in [1.29, 1.82) is 0 Å². The number of thioether (sulfide) groups is 1. The van der Waals surface area contributed by atoms with E-state index in [2.05, 4.69) is 10.6 Å². The SMILES string of the molecule is CCCC(C)(N)C(=O)Nc1ccc2c(c1)NC(=O)CS2. The normalized spacial score (nSPS) is 16.9. The molecule has 0 radical (unpaired) electrons. The molecule has 6 heteroatoms. The lowest BCUT2D eigenvalue weighted by Crippen LogP contribution is -2.48. The third kappa shape index (κ3) is 3.32. The van der Waals surface area contributed by atoms with Crippen LogP contribution in [0.5, 0.6) is 0 Å². The van der Waals surface area contributed by atoms with Crippen LogP contribution in [-0.2, 0) is 9.59 Å². The number of fused-ring (bicyclic) bond motifs is 1. The first-order valence-electron chi connectivity index (χ1n) is 6.59. The van der Waals surface area contributed by atoms with Crippen LogP contribution in [0.25, 0.3) is 0 Å². The minimum atomic E-state index is -0.886. The van der Waals surface area contributed by atoms with E-state index in [1.807, 2.05) is 19.1 Å². The highest BCUT2D eigenvalue weighted by Crippen LogP contribution is 2.33. The molecule has 1 aliphatic heterocycles. The van der Waals surface area contributed by atoms with Crippen molar-refractivity contribution in [2.24, 2.45) is 5.73 Å². The molecule has 2 amide bonds. The number of hydrogen-bond donors (Lipinski definition) is 3. The summed E-state index contributed by atoms with van der Waals surface area (Å²) >= 11 is 1.49. The van der Waals surface area contributed by atoms with Crippen LogP contribution in [0.1, 0.15) is 26.7 Å². The van der Waals surface area contributed by atoms with E-state index in [0.29, 0.717) is 17.9 Å². The summed E-state index contributed by atoms with van der Waals surface area (Å²) in [7, 11) is 0. The van der Waals surface area contributed by atoms with E-state index in [1.54, 1.807) is 13.0 Å². The fourth-order valence-corrected chi connectivity index (χ4v) is 2.86. The van der Waals surface area contributed by atoms with Crippen LogP contribution in [0.4, 0.5) is 11.4 Å². The number of nitrogens with one attached hydrogen (secondary N) is 2. The van der Waals surface area contributed by atoms with Gasteiger partial charge in [-0.25, -0.2) is 0 Å². The number of hydrogen-bond acceptors (Lipinski definition) is 4. The van der Waals surface area contributed by atoms with Gasteiger partial charge in [0.2, 0.25) is 11.8 Å². The molecule has 0 fully saturated rings. The van der Waals surface area contributed by atoms with E-state index < -0.39 is 5.54 Å². The highest BCUT2D eigenvalue weighted by Gasteiger charge is 2.27. The first kappa shape index (κ1) is 14.9. The Morgan fingerprint density at radius 2 is 2.30 bits per heavy atom. The summed E-state index contributed by atoms with van der Waals surface area (Å²) in [5.41, 5.74) is 6.48. The molecule has 0 spiro atoms. The Balaban J connectivity index is 2.13. The summed E-state index contributed by atoms with van der Waals surface area (Å²) in [6.07, 6.45) is 1.47. The molecular formula is C14H19N3O2S. The summed E-state index contributed by atoms with van der Waals surface area (Å²) in [5, 5.41) is 5.60. The van der Waals surface area contributed by atoms with E-state index in [-0.39, 0.29) is 11.8 Å². The molecular weight excluding hydrogens is 274 g/mol. The van der Waals surface area contributed by atoms with Crippen LogP contribution in [0.3, 0.4) is 0 Å². The van der Waals surface area contributed by atoms with Crippen LogP contribution < -0.4 is 16.4 Å². The Labute approximate surface area is 122 Å². The van der Waals surface area contributed by atoms with Gasteiger partial charge in [0.05, 0.1) is 17.0 Å². The van der Waals surface area contributed by atoms with Gasteiger partial charge in [-0.2, -0.15) is 0 Å². The third-order valence-electron chi connectivity index (χ3n) is 3.16. The van der Waals surface area contributed by atoms with Crippen molar-refractivity contribution in [3.05, 3.63) is 18.2 Å². The highest BCUT2D eigenvalue weighted by atomic mass is 32.2. The van der Waals surface area contributed by atoms with Crippen molar-refractivity contribution in [3.8, 4) is 0 Å². The van der Waals surface area contributed by atoms with Gasteiger partial charge in [0, 0.05) is 10.6 Å². The second-order valence-electron chi connectivity index (χ2n) is 5.17. The van der Waals surface area contributed by atoms with Gasteiger partial charge in [0.15, 0.2) is 0 Å². The average molecular weight is 293 g/mol. The molecule has 1 aromatic rings. The quantitative estimate of drug-likeness (QED) is 0.794. The van der Waals surface area contributed by atoms with Gasteiger partial charge in [-0.05, 0) is 31.5 Å². The van der Waals surface area contributed by atoms with E-state index in [1.165, 1.54) is 11.8 Å². The summed E-state index contributed by atoms with van der Waals surface area (Å²) in [6, 6.07) is 5.48. The van der Waals surface area contributed by atoms with Crippen LogP contribution in [0.15, 0.2) is 23.1 Å². The van der Waals surface area contributed by atoms with Crippen molar-refractivity contribution < 1.29 is 9.59 Å². The maximum atomic E-state index is 12.1. The van der Waals surface area contributed by atoms with Crippen molar-refractivity contribution in [1.82, 2.24) is 0 Å². The molecule has 4 N–H and O–H groups in total. The predicted molar refractivity (Wildman–Crippen MR) is 81.9 cm³/mol. The van der Waals surface area contributed by atoms with Crippen molar-refractivity contribution in [2.45, 2.75) is 37.1 Å². The van der Waals surface area contributed by atoms with Crippen LogP contribution in [0.2, 0.25) is 0 Å². The fourth-order valence-electron chi connectivity index (χ4n) is 2.07. The molecule has 108 valence electrons. The minimum absolute atomic E-state index is 0.0272. The maximum absolute atomic E-state index is 12.1. The van der Waals surface area contributed by atoms with Gasteiger partial charge in [-0.15, -0.1) is 11.8 Å². The zero-order valence-corrected chi connectivity index (χ0v) is 12.5. The van der Waals surface area contributed by atoms with Gasteiger partial charge in [-0.3, -0.25) is 9.59 Å². The smallest absolute Gasteiger partial charge is 0.244 e. The van der Waals surface area contributed by atoms with Crippen molar-refractivity contribution >= 4 is 35.0 Å². The van der Waals surface area contributed by atoms with Crippen molar-refractivity contribution in [2.75, 3.05) is 16.4 Å². The average Bonchev–Trinajstić information content (AvgIpc) is 2.38. The van der Waals surface area contributed by atoms with Crippen LogP contribution in [-0.4, -0.2) is 23.1 Å².